The summed E-state index contributed by atoms with van der Waals surface area (Å²) >= 11 is 0. The van der Waals surface area contributed by atoms with E-state index >= 15 is 0 Å². The second-order valence-corrected chi connectivity index (χ2v) is 3.42. The highest BCUT2D eigenvalue weighted by atomic mass is 16.5. The van der Waals surface area contributed by atoms with Gasteiger partial charge in [0.2, 0.25) is 0 Å². The summed E-state index contributed by atoms with van der Waals surface area (Å²) in [6.07, 6.45) is 3.69. The monoisotopic (exact) mass is 193 g/mol. The molecule has 1 aromatic rings. The van der Waals surface area contributed by atoms with Gasteiger partial charge in [-0.15, -0.1) is 0 Å². The Kier molecular flexibility index (Phi) is 3.77. The van der Waals surface area contributed by atoms with Crippen molar-refractivity contribution in [3.63, 3.8) is 0 Å². The topological polar surface area (TPSA) is 39.2 Å². The van der Waals surface area contributed by atoms with Crippen molar-refractivity contribution in [1.29, 1.82) is 0 Å². The Balaban J connectivity index is 2.70. The number of pyridine rings is 1. The third-order valence-corrected chi connectivity index (χ3v) is 2.07. The van der Waals surface area contributed by atoms with Gasteiger partial charge in [0, 0.05) is 31.5 Å². The molecule has 0 radical (unpaired) electrons. The molecule has 0 aromatic carbocycles. The number of nitrogens with zero attached hydrogens (tertiary/aromatic N) is 1. The van der Waals surface area contributed by atoms with E-state index in [-0.39, 0.29) is 11.9 Å². The fourth-order valence-corrected chi connectivity index (χ4v) is 1.17. The van der Waals surface area contributed by atoms with Crippen LogP contribution in [-0.2, 0) is 4.74 Å². The molecule has 0 aliphatic carbocycles. The molecule has 0 saturated heterocycles. The molecule has 0 fully saturated rings. The first-order valence-corrected chi connectivity index (χ1v) is 4.61. The lowest BCUT2D eigenvalue weighted by molar-refractivity contribution is 0.0791. The highest BCUT2D eigenvalue weighted by molar-refractivity contribution is 5.96. The Morgan fingerprint density at radius 3 is 2.86 bits per heavy atom. The van der Waals surface area contributed by atoms with E-state index in [1.54, 1.807) is 19.5 Å². The van der Waals surface area contributed by atoms with Gasteiger partial charge in [-0.05, 0) is 25.5 Å². The number of rotatable bonds is 4. The quantitative estimate of drug-likeness (QED) is 0.686. The third-order valence-electron chi connectivity index (χ3n) is 2.07. The summed E-state index contributed by atoms with van der Waals surface area (Å²) in [4.78, 5) is 15.6. The molecule has 0 aliphatic rings. The molecular weight excluding hydrogens is 178 g/mol. The highest BCUT2D eigenvalue weighted by Gasteiger charge is 2.10. The first-order chi connectivity index (χ1) is 6.63. The van der Waals surface area contributed by atoms with Crippen LogP contribution in [0.5, 0.6) is 0 Å². The molecule has 76 valence electrons. The number of ketones is 1. The van der Waals surface area contributed by atoms with Crippen LogP contribution in [0.3, 0.4) is 0 Å². The van der Waals surface area contributed by atoms with Gasteiger partial charge in [0.25, 0.3) is 0 Å². The third kappa shape index (κ3) is 2.92. The zero-order chi connectivity index (χ0) is 10.6. The van der Waals surface area contributed by atoms with E-state index in [1.165, 1.54) is 0 Å². The normalized spacial score (nSPS) is 12.5. The lowest BCUT2D eigenvalue weighted by Gasteiger charge is -2.07. The van der Waals surface area contributed by atoms with Gasteiger partial charge in [0.15, 0.2) is 5.78 Å². The molecular formula is C11H15NO2. The van der Waals surface area contributed by atoms with Crippen LogP contribution in [0, 0.1) is 6.92 Å². The number of Topliss-reactive ketones (excluding diaryl/α,β-unsaturated/α-hetero) is 1. The minimum atomic E-state index is -0.0389. The van der Waals surface area contributed by atoms with Gasteiger partial charge < -0.3 is 4.74 Å². The van der Waals surface area contributed by atoms with Gasteiger partial charge in [-0.25, -0.2) is 0 Å². The molecule has 1 atom stereocenters. The number of carbonyl (C=O) groups is 1. The molecule has 0 saturated carbocycles. The minimum Gasteiger partial charge on any atom is -0.381 e. The molecule has 3 heteroatoms. The lowest BCUT2D eigenvalue weighted by Crippen LogP contribution is -2.12. The number of ether oxygens (including phenoxy) is 1. The zero-order valence-electron chi connectivity index (χ0n) is 8.78. The second kappa shape index (κ2) is 4.86. The predicted octanol–water partition coefficient (Wildman–Crippen LogP) is 2.00. The minimum absolute atomic E-state index is 0.0389. The smallest absolute Gasteiger partial charge is 0.167 e. The van der Waals surface area contributed by atoms with Gasteiger partial charge >= 0.3 is 0 Å². The molecule has 0 N–H and O–H groups in total. The number of methoxy groups -OCH3 is 1. The fraction of sp³-hybridized carbons (Fsp3) is 0.455. The Morgan fingerprint density at radius 1 is 1.57 bits per heavy atom. The Labute approximate surface area is 84.1 Å². The summed E-state index contributed by atoms with van der Waals surface area (Å²) in [7, 11) is 1.60. The van der Waals surface area contributed by atoms with E-state index in [0.717, 1.165) is 5.56 Å². The summed E-state index contributed by atoms with van der Waals surface area (Å²) in [6.45, 7) is 3.80. The van der Waals surface area contributed by atoms with Crippen molar-refractivity contribution in [1.82, 2.24) is 4.98 Å². The predicted molar refractivity (Wildman–Crippen MR) is 54.4 cm³/mol. The summed E-state index contributed by atoms with van der Waals surface area (Å²) < 4.78 is 5.03. The maximum atomic E-state index is 11.6. The Bertz CT molecular complexity index is 323. The number of aromatic nitrogens is 1. The lowest BCUT2D eigenvalue weighted by atomic mass is 10.1. The SMILES string of the molecule is COC(C)CC(=O)c1cncc(C)c1. The van der Waals surface area contributed by atoms with Crippen LogP contribution in [0.1, 0.15) is 29.3 Å². The Hall–Kier alpha value is -1.22. The molecule has 1 heterocycles. The van der Waals surface area contributed by atoms with E-state index < -0.39 is 0 Å². The van der Waals surface area contributed by atoms with Gasteiger partial charge in [-0.1, -0.05) is 0 Å². The fourth-order valence-electron chi connectivity index (χ4n) is 1.17. The molecule has 1 unspecified atom stereocenters. The van der Waals surface area contributed by atoms with Crippen molar-refractivity contribution in [2.75, 3.05) is 7.11 Å². The summed E-state index contributed by atoms with van der Waals surface area (Å²) in [5, 5.41) is 0. The van der Waals surface area contributed by atoms with E-state index in [9.17, 15) is 4.79 Å². The molecule has 0 spiro atoms. The van der Waals surface area contributed by atoms with Crippen LogP contribution >= 0.6 is 0 Å². The maximum Gasteiger partial charge on any atom is 0.167 e. The highest BCUT2D eigenvalue weighted by Crippen LogP contribution is 2.07. The molecule has 0 amide bonds. The summed E-state index contributed by atoms with van der Waals surface area (Å²) in [5.41, 5.74) is 1.66. The standard InChI is InChI=1S/C11H15NO2/c1-8-4-10(7-12-6-8)11(13)5-9(2)14-3/h4,6-7,9H,5H2,1-3H3. The van der Waals surface area contributed by atoms with Crippen molar-refractivity contribution in [3.05, 3.63) is 29.6 Å². The van der Waals surface area contributed by atoms with Crippen LogP contribution < -0.4 is 0 Å². The van der Waals surface area contributed by atoms with E-state index in [0.29, 0.717) is 12.0 Å². The number of carbonyl (C=O) groups excluding carboxylic acids is 1. The van der Waals surface area contributed by atoms with Crippen molar-refractivity contribution < 1.29 is 9.53 Å². The molecule has 1 rings (SSSR count). The van der Waals surface area contributed by atoms with Crippen LogP contribution in [-0.4, -0.2) is 24.0 Å². The molecule has 0 bridgehead atoms. The van der Waals surface area contributed by atoms with Gasteiger partial charge in [-0.3, -0.25) is 9.78 Å². The number of hydrogen-bond donors (Lipinski definition) is 0. The number of hydrogen-bond acceptors (Lipinski definition) is 3. The first-order valence-electron chi connectivity index (χ1n) is 4.61. The van der Waals surface area contributed by atoms with Gasteiger partial charge in [-0.2, -0.15) is 0 Å². The molecule has 14 heavy (non-hydrogen) atoms. The Morgan fingerprint density at radius 2 is 2.29 bits per heavy atom. The van der Waals surface area contributed by atoms with Crippen molar-refractivity contribution in [2.24, 2.45) is 0 Å². The van der Waals surface area contributed by atoms with E-state index in [4.69, 9.17) is 4.74 Å². The van der Waals surface area contributed by atoms with E-state index in [1.807, 2.05) is 19.9 Å². The average molecular weight is 193 g/mol. The zero-order valence-corrected chi connectivity index (χ0v) is 8.78. The van der Waals surface area contributed by atoms with Crippen molar-refractivity contribution in [2.45, 2.75) is 26.4 Å². The van der Waals surface area contributed by atoms with Crippen molar-refractivity contribution in [3.8, 4) is 0 Å². The van der Waals surface area contributed by atoms with Crippen LogP contribution in [0.4, 0.5) is 0 Å². The van der Waals surface area contributed by atoms with Crippen LogP contribution in [0.15, 0.2) is 18.5 Å². The van der Waals surface area contributed by atoms with Gasteiger partial charge in [0.05, 0.1) is 6.10 Å². The van der Waals surface area contributed by atoms with E-state index in [2.05, 4.69) is 4.98 Å². The molecule has 0 aliphatic heterocycles. The second-order valence-electron chi connectivity index (χ2n) is 3.42. The number of aryl methyl sites for hydroxylation is 1. The first kappa shape index (κ1) is 10.9. The van der Waals surface area contributed by atoms with Gasteiger partial charge in [0.1, 0.15) is 0 Å². The summed E-state index contributed by atoms with van der Waals surface area (Å²) in [5.74, 6) is 0.0792. The van der Waals surface area contributed by atoms with Crippen molar-refractivity contribution >= 4 is 5.78 Å². The molecule has 1 aromatic heterocycles. The summed E-state index contributed by atoms with van der Waals surface area (Å²) in [6, 6.07) is 1.84. The van der Waals surface area contributed by atoms with Crippen LogP contribution in [0.2, 0.25) is 0 Å². The average Bonchev–Trinajstić information content (AvgIpc) is 2.17. The molecule has 3 nitrogen and oxygen atoms in total. The van der Waals surface area contributed by atoms with Crippen LogP contribution in [0.25, 0.3) is 0 Å². The maximum absolute atomic E-state index is 11.6. The largest absolute Gasteiger partial charge is 0.381 e.